The van der Waals surface area contributed by atoms with E-state index in [1.165, 1.54) is 12.4 Å². The number of aromatic amines is 1. The number of thioether (sulfide) groups is 1. The average molecular weight is 312 g/mol. The summed E-state index contributed by atoms with van der Waals surface area (Å²) in [5, 5.41) is 6.10. The third-order valence-corrected chi connectivity index (χ3v) is 5.06. The maximum absolute atomic E-state index is 12.1. The Kier molecular flexibility index (Phi) is 4.56. The number of nitrogens with two attached hydrogens (primary N) is 1. The number of sulfonamides is 1. The highest BCUT2D eigenvalue weighted by Gasteiger charge is 2.16. The molecule has 0 radical (unpaired) electrons. The highest BCUT2D eigenvalue weighted by molar-refractivity contribution is 7.99. The second-order valence-electron chi connectivity index (χ2n) is 4.14. The van der Waals surface area contributed by atoms with E-state index in [0.717, 1.165) is 17.1 Å². The van der Waals surface area contributed by atoms with Crippen molar-refractivity contribution in [1.29, 1.82) is 0 Å². The van der Waals surface area contributed by atoms with Crippen molar-refractivity contribution in [3.8, 4) is 0 Å². The van der Waals surface area contributed by atoms with Crippen LogP contribution in [0.25, 0.3) is 0 Å². The Balaban J connectivity index is 2.24. The molecule has 0 unspecified atom stereocenters. The number of aromatic nitrogens is 2. The Morgan fingerprint density at radius 1 is 1.45 bits per heavy atom. The molecule has 0 aliphatic rings. The zero-order valence-electron chi connectivity index (χ0n) is 11.0. The molecule has 108 valence electrons. The van der Waals surface area contributed by atoms with Gasteiger partial charge in [-0.25, -0.2) is 8.42 Å². The zero-order chi connectivity index (χ0) is 14.6. The van der Waals surface area contributed by atoms with Crippen molar-refractivity contribution >= 4 is 33.2 Å². The molecule has 1 aromatic carbocycles. The first-order chi connectivity index (χ1) is 9.53. The van der Waals surface area contributed by atoms with E-state index >= 15 is 0 Å². The largest absolute Gasteiger partial charge is 0.397 e. The van der Waals surface area contributed by atoms with Crippen molar-refractivity contribution in [3.05, 3.63) is 30.6 Å². The summed E-state index contributed by atoms with van der Waals surface area (Å²) < 4.78 is 26.7. The Hall–Kier alpha value is -1.67. The topological polar surface area (TPSA) is 101 Å². The normalized spacial score (nSPS) is 11.4. The molecule has 20 heavy (non-hydrogen) atoms. The Morgan fingerprint density at radius 3 is 2.90 bits per heavy atom. The molecule has 0 saturated carbocycles. The molecule has 8 heteroatoms. The smallest absolute Gasteiger partial charge is 0.265 e. The Bertz CT molecular complexity index is 669. The van der Waals surface area contributed by atoms with Gasteiger partial charge in [0.15, 0.2) is 0 Å². The van der Waals surface area contributed by atoms with Gasteiger partial charge in [-0.1, -0.05) is 6.92 Å². The van der Waals surface area contributed by atoms with Gasteiger partial charge in [0.2, 0.25) is 0 Å². The fourth-order valence-electron chi connectivity index (χ4n) is 1.52. The fourth-order valence-corrected chi connectivity index (χ4v) is 3.31. The van der Waals surface area contributed by atoms with E-state index in [1.54, 1.807) is 23.9 Å². The molecule has 0 saturated heterocycles. The SMILES string of the molecule is CCCSc1ccc(N)c(NS(=O)(=O)c2cn[nH]c2)c1. The van der Waals surface area contributed by atoms with Crippen LogP contribution in [0, 0.1) is 0 Å². The van der Waals surface area contributed by atoms with Crippen LogP contribution in [0.4, 0.5) is 11.4 Å². The second-order valence-corrected chi connectivity index (χ2v) is 6.99. The molecule has 0 aliphatic carbocycles. The Labute approximate surface area is 122 Å². The van der Waals surface area contributed by atoms with E-state index in [4.69, 9.17) is 5.73 Å². The van der Waals surface area contributed by atoms with Crippen molar-refractivity contribution in [2.45, 2.75) is 23.1 Å². The summed E-state index contributed by atoms with van der Waals surface area (Å²) in [6.45, 7) is 2.09. The molecule has 4 N–H and O–H groups in total. The van der Waals surface area contributed by atoms with E-state index in [-0.39, 0.29) is 4.90 Å². The number of benzene rings is 1. The van der Waals surface area contributed by atoms with Crippen LogP contribution in [0.1, 0.15) is 13.3 Å². The van der Waals surface area contributed by atoms with Crippen LogP contribution in [0.2, 0.25) is 0 Å². The predicted octanol–water partition coefficient (Wildman–Crippen LogP) is 2.29. The van der Waals surface area contributed by atoms with Gasteiger partial charge in [0, 0.05) is 11.1 Å². The van der Waals surface area contributed by atoms with E-state index in [2.05, 4.69) is 21.8 Å². The van der Waals surface area contributed by atoms with E-state index in [0.29, 0.717) is 11.4 Å². The van der Waals surface area contributed by atoms with Gasteiger partial charge in [-0.05, 0) is 30.4 Å². The first-order valence-corrected chi connectivity index (χ1v) is 8.53. The molecular weight excluding hydrogens is 296 g/mol. The van der Waals surface area contributed by atoms with Crippen LogP contribution < -0.4 is 10.5 Å². The van der Waals surface area contributed by atoms with Crippen LogP contribution in [0.15, 0.2) is 40.4 Å². The van der Waals surface area contributed by atoms with E-state index in [1.807, 2.05) is 6.07 Å². The summed E-state index contributed by atoms with van der Waals surface area (Å²) in [6.07, 6.45) is 3.60. The monoisotopic (exact) mass is 312 g/mol. The van der Waals surface area contributed by atoms with Gasteiger partial charge in [-0.15, -0.1) is 11.8 Å². The number of anilines is 2. The maximum atomic E-state index is 12.1. The van der Waals surface area contributed by atoms with Gasteiger partial charge < -0.3 is 5.73 Å². The lowest BCUT2D eigenvalue weighted by molar-refractivity contribution is 0.601. The van der Waals surface area contributed by atoms with Gasteiger partial charge >= 0.3 is 0 Å². The van der Waals surface area contributed by atoms with Crippen LogP contribution >= 0.6 is 11.8 Å². The fraction of sp³-hybridized carbons (Fsp3) is 0.250. The number of nitrogens with zero attached hydrogens (tertiary/aromatic N) is 1. The summed E-state index contributed by atoms with van der Waals surface area (Å²) in [6, 6.07) is 5.32. The summed E-state index contributed by atoms with van der Waals surface area (Å²) in [5.41, 5.74) is 6.59. The first-order valence-electron chi connectivity index (χ1n) is 6.07. The maximum Gasteiger partial charge on any atom is 0.265 e. The molecule has 0 atom stereocenters. The molecule has 2 aromatic rings. The van der Waals surface area contributed by atoms with E-state index < -0.39 is 10.0 Å². The molecule has 1 aromatic heterocycles. The zero-order valence-corrected chi connectivity index (χ0v) is 12.6. The van der Waals surface area contributed by atoms with Crippen LogP contribution in [0.5, 0.6) is 0 Å². The first kappa shape index (κ1) is 14.7. The average Bonchev–Trinajstić information content (AvgIpc) is 2.94. The van der Waals surface area contributed by atoms with E-state index in [9.17, 15) is 8.42 Å². The second kappa shape index (κ2) is 6.19. The van der Waals surface area contributed by atoms with Gasteiger partial charge in [-0.3, -0.25) is 9.82 Å². The number of nitrogen functional groups attached to an aromatic ring is 1. The summed E-state index contributed by atoms with van der Waals surface area (Å²) in [5.74, 6) is 0.970. The molecule has 0 aliphatic heterocycles. The minimum absolute atomic E-state index is 0.0727. The molecule has 0 amide bonds. The van der Waals surface area contributed by atoms with Gasteiger partial charge in [-0.2, -0.15) is 5.10 Å². The van der Waals surface area contributed by atoms with Gasteiger partial charge in [0.1, 0.15) is 4.90 Å². The molecule has 0 fully saturated rings. The lowest BCUT2D eigenvalue weighted by Gasteiger charge is -2.10. The van der Waals surface area contributed by atoms with Crippen molar-refractivity contribution in [1.82, 2.24) is 10.2 Å². The minimum atomic E-state index is -3.66. The third-order valence-electron chi connectivity index (χ3n) is 2.53. The van der Waals surface area contributed by atoms with Crippen LogP contribution in [-0.4, -0.2) is 24.4 Å². The van der Waals surface area contributed by atoms with Crippen LogP contribution in [-0.2, 0) is 10.0 Å². The summed E-state index contributed by atoms with van der Waals surface area (Å²) >= 11 is 1.66. The summed E-state index contributed by atoms with van der Waals surface area (Å²) in [7, 11) is -3.66. The standard InChI is InChI=1S/C12H16N4O2S2/c1-2-5-19-9-3-4-11(13)12(6-9)16-20(17,18)10-7-14-15-8-10/h3-4,6-8,16H,2,5,13H2,1H3,(H,14,15). The number of rotatable bonds is 6. The minimum Gasteiger partial charge on any atom is -0.397 e. The van der Waals surface area contributed by atoms with Crippen molar-refractivity contribution in [2.75, 3.05) is 16.2 Å². The highest BCUT2D eigenvalue weighted by atomic mass is 32.2. The molecule has 6 nitrogen and oxygen atoms in total. The number of hydrogen-bond acceptors (Lipinski definition) is 5. The van der Waals surface area contributed by atoms with Gasteiger partial charge in [0.05, 0.1) is 17.6 Å². The number of hydrogen-bond donors (Lipinski definition) is 3. The molecule has 0 spiro atoms. The van der Waals surface area contributed by atoms with Crippen molar-refractivity contribution in [3.63, 3.8) is 0 Å². The molecule has 1 heterocycles. The lowest BCUT2D eigenvalue weighted by atomic mass is 10.3. The molecule has 0 bridgehead atoms. The Morgan fingerprint density at radius 2 is 2.25 bits per heavy atom. The van der Waals surface area contributed by atoms with Crippen LogP contribution in [0.3, 0.4) is 0 Å². The quantitative estimate of drug-likeness (QED) is 0.561. The lowest BCUT2D eigenvalue weighted by Crippen LogP contribution is -2.13. The highest BCUT2D eigenvalue weighted by Crippen LogP contribution is 2.28. The van der Waals surface area contributed by atoms with Gasteiger partial charge in [0.25, 0.3) is 10.0 Å². The van der Waals surface area contributed by atoms with Crippen molar-refractivity contribution in [2.24, 2.45) is 0 Å². The molecule has 2 rings (SSSR count). The third kappa shape index (κ3) is 3.45. The number of nitrogens with one attached hydrogen (secondary N) is 2. The predicted molar refractivity (Wildman–Crippen MR) is 81.3 cm³/mol. The number of H-pyrrole nitrogens is 1. The van der Waals surface area contributed by atoms with Crippen molar-refractivity contribution < 1.29 is 8.42 Å². The summed E-state index contributed by atoms with van der Waals surface area (Å²) in [4.78, 5) is 1.05. The molecular formula is C12H16N4O2S2.